The van der Waals surface area contributed by atoms with Gasteiger partial charge in [0.2, 0.25) is 0 Å². The van der Waals surface area contributed by atoms with Gasteiger partial charge in [-0.2, -0.15) is 0 Å². The fourth-order valence-electron chi connectivity index (χ4n) is 4.09. The van der Waals surface area contributed by atoms with E-state index < -0.39 is 17.5 Å². The van der Waals surface area contributed by atoms with Crippen molar-refractivity contribution in [1.29, 1.82) is 0 Å². The summed E-state index contributed by atoms with van der Waals surface area (Å²) in [6.07, 6.45) is 18.3. The molecule has 0 amide bonds. The van der Waals surface area contributed by atoms with Crippen LogP contribution in [0, 0.1) is 0 Å². The molecule has 0 aliphatic carbocycles. The highest BCUT2D eigenvalue weighted by molar-refractivity contribution is 5.91. The van der Waals surface area contributed by atoms with Gasteiger partial charge in [0.25, 0.3) is 0 Å². The van der Waals surface area contributed by atoms with Crippen LogP contribution in [0.15, 0.2) is 0 Å². The van der Waals surface area contributed by atoms with Crippen LogP contribution < -0.4 is 0 Å². The third kappa shape index (κ3) is 24.1. The normalized spacial score (nSPS) is 11.5. The van der Waals surface area contributed by atoms with Crippen molar-refractivity contribution in [2.24, 2.45) is 0 Å². The minimum atomic E-state index is -0.537. The quantitative estimate of drug-likeness (QED) is 0.0593. The third-order valence-electron chi connectivity index (χ3n) is 6.05. The standard InChI is InChI=1S/C30H56O6/c1-6-8-10-12-14-17-21-26(22-18-15-13-11-9-7-2)35-29(33)25-28(32)34-24-20-16-19-23-27(31)36-30(3,4)5/h26H,6-25H2,1-5H3. The van der Waals surface area contributed by atoms with Gasteiger partial charge < -0.3 is 14.2 Å². The number of rotatable bonds is 23. The molecule has 6 nitrogen and oxygen atoms in total. The first-order valence-corrected chi connectivity index (χ1v) is 14.7. The Kier molecular flexibility index (Phi) is 21.6. The Bertz CT molecular complexity index is 550. The van der Waals surface area contributed by atoms with E-state index in [1.807, 2.05) is 20.8 Å². The second-order valence-corrected chi connectivity index (χ2v) is 11.0. The minimum absolute atomic E-state index is 0.101. The van der Waals surface area contributed by atoms with E-state index in [0.29, 0.717) is 19.3 Å². The topological polar surface area (TPSA) is 78.9 Å². The van der Waals surface area contributed by atoms with E-state index in [1.54, 1.807) is 0 Å². The van der Waals surface area contributed by atoms with E-state index in [9.17, 15) is 14.4 Å². The Labute approximate surface area is 221 Å². The lowest BCUT2D eigenvalue weighted by molar-refractivity contribution is -0.159. The third-order valence-corrected chi connectivity index (χ3v) is 6.05. The summed E-state index contributed by atoms with van der Waals surface area (Å²) in [5.74, 6) is -1.23. The highest BCUT2D eigenvalue weighted by Gasteiger charge is 2.18. The van der Waals surface area contributed by atoms with Crippen molar-refractivity contribution in [3.05, 3.63) is 0 Å². The van der Waals surface area contributed by atoms with Gasteiger partial charge in [-0.1, -0.05) is 78.1 Å². The zero-order valence-corrected chi connectivity index (χ0v) is 24.2. The Morgan fingerprint density at radius 1 is 0.611 bits per heavy atom. The summed E-state index contributed by atoms with van der Waals surface area (Å²) in [5.41, 5.74) is -0.469. The minimum Gasteiger partial charge on any atom is -0.465 e. The summed E-state index contributed by atoms with van der Waals surface area (Å²) >= 11 is 0. The monoisotopic (exact) mass is 512 g/mol. The van der Waals surface area contributed by atoms with Crippen LogP contribution in [-0.4, -0.2) is 36.2 Å². The molecule has 0 aromatic heterocycles. The Morgan fingerprint density at radius 2 is 1.11 bits per heavy atom. The number of carbonyl (C=O) groups excluding carboxylic acids is 3. The molecule has 0 saturated carbocycles. The molecule has 0 aliphatic rings. The SMILES string of the molecule is CCCCCCCCC(CCCCCCCC)OC(=O)CC(=O)OCCCCCC(=O)OC(C)(C)C. The molecule has 0 spiro atoms. The van der Waals surface area contributed by atoms with E-state index in [-0.39, 0.29) is 25.1 Å². The fourth-order valence-corrected chi connectivity index (χ4v) is 4.09. The van der Waals surface area contributed by atoms with Crippen LogP contribution in [-0.2, 0) is 28.6 Å². The van der Waals surface area contributed by atoms with Crippen molar-refractivity contribution in [2.45, 2.75) is 168 Å². The van der Waals surface area contributed by atoms with Crippen molar-refractivity contribution in [1.82, 2.24) is 0 Å². The van der Waals surface area contributed by atoms with E-state index in [1.165, 1.54) is 64.2 Å². The predicted octanol–water partition coefficient (Wildman–Crippen LogP) is 8.23. The highest BCUT2D eigenvalue weighted by atomic mass is 16.6. The molecule has 0 aliphatic heterocycles. The molecular weight excluding hydrogens is 456 g/mol. The van der Waals surface area contributed by atoms with Crippen LogP contribution in [0.1, 0.15) is 157 Å². The molecular formula is C30H56O6. The van der Waals surface area contributed by atoms with Crippen LogP contribution in [0.2, 0.25) is 0 Å². The molecule has 0 rings (SSSR count). The summed E-state index contributed by atoms with van der Waals surface area (Å²) in [6.45, 7) is 10.2. The Hall–Kier alpha value is -1.59. The molecule has 212 valence electrons. The Balaban J connectivity index is 4.17. The zero-order valence-electron chi connectivity index (χ0n) is 24.2. The molecule has 0 saturated heterocycles. The maximum atomic E-state index is 12.4. The van der Waals surface area contributed by atoms with Gasteiger partial charge in [-0.25, -0.2) is 0 Å². The molecule has 0 atom stereocenters. The number of carbonyl (C=O) groups is 3. The molecule has 0 bridgehead atoms. The number of esters is 3. The summed E-state index contributed by atoms with van der Waals surface area (Å²) in [7, 11) is 0. The highest BCUT2D eigenvalue weighted by Crippen LogP contribution is 2.17. The maximum Gasteiger partial charge on any atom is 0.317 e. The van der Waals surface area contributed by atoms with E-state index in [4.69, 9.17) is 14.2 Å². The van der Waals surface area contributed by atoms with Crippen molar-refractivity contribution < 1.29 is 28.6 Å². The van der Waals surface area contributed by atoms with Crippen molar-refractivity contribution >= 4 is 17.9 Å². The first-order valence-electron chi connectivity index (χ1n) is 14.7. The second kappa shape index (κ2) is 22.6. The van der Waals surface area contributed by atoms with Crippen LogP contribution >= 0.6 is 0 Å². The molecule has 0 heterocycles. The smallest absolute Gasteiger partial charge is 0.317 e. The molecule has 6 heteroatoms. The van der Waals surface area contributed by atoms with Gasteiger partial charge in [0, 0.05) is 6.42 Å². The van der Waals surface area contributed by atoms with Crippen LogP contribution in [0.25, 0.3) is 0 Å². The number of ether oxygens (including phenoxy) is 3. The molecule has 0 fully saturated rings. The first-order chi connectivity index (χ1) is 17.2. The summed E-state index contributed by atoms with van der Waals surface area (Å²) < 4.78 is 16.2. The molecule has 0 aromatic carbocycles. The first kappa shape index (κ1) is 34.4. The maximum absolute atomic E-state index is 12.4. The summed E-state index contributed by atoms with van der Waals surface area (Å²) in [6, 6.07) is 0. The lowest BCUT2D eigenvalue weighted by Gasteiger charge is -2.19. The molecule has 0 radical (unpaired) electrons. The second-order valence-electron chi connectivity index (χ2n) is 11.0. The van der Waals surface area contributed by atoms with Gasteiger partial charge in [0.05, 0.1) is 6.61 Å². The lowest BCUT2D eigenvalue weighted by atomic mass is 10.0. The van der Waals surface area contributed by atoms with Gasteiger partial charge in [0.15, 0.2) is 0 Å². The van der Waals surface area contributed by atoms with E-state index >= 15 is 0 Å². The Morgan fingerprint density at radius 3 is 1.64 bits per heavy atom. The number of unbranched alkanes of at least 4 members (excludes halogenated alkanes) is 12. The van der Waals surface area contributed by atoms with Gasteiger partial charge in [-0.15, -0.1) is 0 Å². The van der Waals surface area contributed by atoms with Crippen LogP contribution in [0.5, 0.6) is 0 Å². The lowest BCUT2D eigenvalue weighted by Crippen LogP contribution is -2.23. The predicted molar refractivity (Wildman–Crippen MR) is 146 cm³/mol. The van der Waals surface area contributed by atoms with Gasteiger partial charge in [0.1, 0.15) is 18.1 Å². The summed E-state index contributed by atoms with van der Waals surface area (Å²) in [5, 5.41) is 0. The van der Waals surface area contributed by atoms with Crippen molar-refractivity contribution in [3.63, 3.8) is 0 Å². The van der Waals surface area contributed by atoms with Crippen molar-refractivity contribution in [3.8, 4) is 0 Å². The molecule has 0 unspecified atom stereocenters. The summed E-state index contributed by atoms with van der Waals surface area (Å²) in [4.78, 5) is 36.1. The van der Waals surface area contributed by atoms with Gasteiger partial charge >= 0.3 is 17.9 Å². The zero-order chi connectivity index (χ0) is 27.1. The fraction of sp³-hybridized carbons (Fsp3) is 0.900. The average molecular weight is 513 g/mol. The van der Waals surface area contributed by atoms with Crippen LogP contribution in [0.3, 0.4) is 0 Å². The van der Waals surface area contributed by atoms with E-state index in [0.717, 1.165) is 32.1 Å². The average Bonchev–Trinajstić information content (AvgIpc) is 2.79. The number of hydrogen-bond donors (Lipinski definition) is 0. The molecule has 36 heavy (non-hydrogen) atoms. The molecule has 0 N–H and O–H groups in total. The van der Waals surface area contributed by atoms with Crippen LogP contribution in [0.4, 0.5) is 0 Å². The van der Waals surface area contributed by atoms with Gasteiger partial charge in [-0.3, -0.25) is 14.4 Å². The van der Waals surface area contributed by atoms with E-state index in [2.05, 4.69) is 13.8 Å². The van der Waals surface area contributed by atoms with Gasteiger partial charge in [-0.05, 0) is 65.7 Å². The number of hydrogen-bond acceptors (Lipinski definition) is 6. The molecule has 0 aromatic rings. The van der Waals surface area contributed by atoms with Crippen molar-refractivity contribution in [2.75, 3.05) is 6.61 Å². The largest absolute Gasteiger partial charge is 0.465 e.